The summed E-state index contributed by atoms with van der Waals surface area (Å²) in [7, 11) is 3.55. The topological polar surface area (TPSA) is 73.9 Å². The van der Waals surface area contributed by atoms with E-state index in [0.717, 1.165) is 0 Å². The van der Waals surface area contributed by atoms with E-state index in [1.165, 1.54) is 6.07 Å². The Hall–Kier alpha value is -2.51. The van der Waals surface area contributed by atoms with Gasteiger partial charge in [0.2, 0.25) is 0 Å². The maximum atomic E-state index is 13.9. The molecule has 3 amide bonds. The fourth-order valence-electron chi connectivity index (χ4n) is 2.86. The molecule has 1 saturated heterocycles. The van der Waals surface area contributed by atoms with Crippen LogP contribution in [0.15, 0.2) is 18.2 Å². The molecule has 144 valence electrons. The molecule has 0 bridgehead atoms. The molecule has 1 heterocycles. The number of benzene rings is 1. The first-order valence-electron chi connectivity index (χ1n) is 8.82. The lowest BCUT2D eigenvalue weighted by atomic mass is 10.1. The molecule has 1 aromatic carbocycles. The predicted octanol–water partition coefficient (Wildman–Crippen LogP) is 2.31. The normalized spacial score (nSPS) is 14.7. The van der Waals surface area contributed by atoms with Crippen LogP contribution in [0, 0.1) is 5.82 Å². The first-order valence-corrected chi connectivity index (χ1v) is 8.82. The maximum Gasteiger partial charge on any atom is 0.409 e. The monoisotopic (exact) mass is 366 g/mol. The molecule has 8 heteroatoms. The number of nitrogens with one attached hydrogen (secondary N) is 2. The minimum atomic E-state index is -0.318. The highest BCUT2D eigenvalue weighted by atomic mass is 19.1. The van der Waals surface area contributed by atoms with Crippen molar-refractivity contribution in [3.05, 3.63) is 29.6 Å². The number of amides is 3. The first-order chi connectivity index (χ1) is 12.4. The third-order valence-electron chi connectivity index (χ3n) is 4.30. The van der Waals surface area contributed by atoms with Crippen LogP contribution in [0.5, 0.6) is 0 Å². The van der Waals surface area contributed by atoms with Crippen molar-refractivity contribution < 1.29 is 18.7 Å². The molecular weight excluding hydrogens is 339 g/mol. The Morgan fingerprint density at radius 3 is 2.58 bits per heavy atom. The molecule has 0 aromatic heterocycles. The van der Waals surface area contributed by atoms with Gasteiger partial charge in [-0.05, 0) is 37.5 Å². The Bertz CT molecular complexity index is 631. The molecule has 7 nitrogen and oxygen atoms in total. The van der Waals surface area contributed by atoms with Crippen molar-refractivity contribution in [2.45, 2.75) is 32.4 Å². The van der Waals surface area contributed by atoms with E-state index < -0.39 is 0 Å². The molecule has 1 aromatic rings. The second kappa shape index (κ2) is 9.26. The molecule has 0 radical (unpaired) electrons. The van der Waals surface area contributed by atoms with Crippen molar-refractivity contribution in [1.29, 1.82) is 0 Å². The van der Waals surface area contributed by atoms with Crippen LogP contribution in [0.1, 0.15) is 25.3 Å². The lowest BCUT2D eigenvalue weighted by Gasteiger charge is -2.31. The number of likely N-dealkylation sites (tertiary alicyclic amines) is 1. The van der Waals surface area contributed by atoms with Gasteiger partial charge in [0, 0.05) is 39.8 Å². The van der Waals surface area contributed by atoms with Gasteiger partial charge in [0.25, 0.3) is 0 Å². The fourth-order valence-corrected chi connectivity index (χ4v) is 2.86. The van der Waals surface area contributed by atoms with Crippen LogP contribution in [-0.2, 0) is 11.3 Å². The van der Waals surface area contributed by atoms with Crippen molar-refractivity contribution >= 4 is 17.8 Å². The van der Waals surface area contributed by atoms with Crippen molar-refractivity contribution in [3.63, 3.8) is 0 Å². The quantitative estimate of drug-likeness (QED) is 0.839. The van der Waals surface area contributed by atoms with Gasteiger partial charge in [0.15, 0.2) is 0 Å². The molecule has 26 heavy (non-hydrogen) atoms. The Kier molecular flexibility index (Phi) is 7.06. The Labute approximate surface area is 153 Å². The molecule has 1 fully saturated rings. The molecule has 0 saturated carbocycles. The van der Waals surface area contributed by atoms with Gasteiger partial charge >= 0.3 is 12.1 Å². The number of urea groups is 1. The van der Waals surface area contributed by atoms with Crippen molar-refractivity contribution in [3.8, 4) is 0 Å². The summed E-state index contributed by atoms with van der Waals surface area (Å²) in [5, 5.41) is 5.63. The number of hydrogen-bond donors (Lipinski definition) is 2. The standard InChI is InChI=1S/C18H27FN4O3/c1-4-26-18(25)23-9-7-14(8-10-23)21-17(24)20-12-13-5-6-16(22(2)3)15(19)11-13/h5-6,11,14H,4,7-10,12H2,1-3H3,(H2,20,21,24). The van der Waals surface area contributed by atoms with E-state index >= 15 is 0 Å². The van der Waals surface area contributed by atoms with Crippen molar-refractivity contribution in [1.82, 2.24) is 15.5 Å². The summed E-state index contributed by atoms with van der Waals surface area (Å²) >= 11 is 0. The summed E-state index contributed by atoms with van der Waals surface area (Å²) in [6.45, 7) is 3.49. The van der Waals surface area contributed by atoms with Gasteiger partial charge in [-0.15, -0.1) is 0 Å². The summed E-state index contributed by atoms with van der Waals surface area (Å²) in [5.41, 5.74) is 1.20. The molecule has 2 rings (SSSR count). The number of ether oxygens (including phenoxy) is 1. The average molecular weight is 366 g/mol. The van der Waals surface area contributed by atoms with E-state index in [0.29, 0.717) is 43.8 Å². The number of rotatable bonds is 5. The smallest absolute Gasteiger partial charge is 0.409 e. The van der Waals surface area contributed by atoms with Crippen LogP contribution >= 0.6 is 0 Å². The minimum Gasteiger partial charge on any atom is -0.450 e. The van der Waals surface area contributed by atoms with Crippen LogP contribution < -0.4 is 15.5 Å². The molecule has 0 aliphatic carbocycles. The zero-order valence-corrected chi connectivity index (χ0v) is 15.5. The second-order valence-electron chi connectivity index (χ2n) is 6.47. The SMILES string of the molecule is CCOC(=O)N1CCC(NC(=O)NCc2ccc(N(C)C)c(F)c2)CC1. The van der Waals surface area contributed by atoms with Gasteiger partial charge in [-0.25, -0.2) is 14.0 Å². The average Bonchev–Trinajstić information content (AvgIpc) is 2.60. The summed E-state index contributed by atoms with van der Waals surface area (Å²) in [6.07, 6.45) is 1.05. The van der Waals surface area contributed by atoms with Gasteiger partial charge in [0.1, 0.15) is 5.82 Å². The van der Waals surface area contributed by atoms with E-state index in [1.807, 2.05) is 0 Å². The number of halogens is 1. The number of carbonyl (C=O) groups is 2. The molecule has 2 N–H and O–H groups in total. The third kappa shape index (κ3) is 5.50. The van der Waals surface area contributed by atoms with E-state index in [1.54, 1.807) is 43.0 Å². The molecular formula is C18H27FN4O3. The van der Waals surface area contributed by atoms with Gasteiger partial charge in [-0.1, -0.05) is 6.07 Å². The second-order valence-corrected chi connectivity index (χ2v) is 6.47. The number of hydrogen-bond acceptors (Lipinski definition) is 4. The van der Waals surface area contributed by atoms with Crippen LogP contribution in [0.3, 0.4) is 0 Å². The molecule has 1 aliphatic heterocycles. The largest absolute Gasteiger partial charge is 0.450 e. The Balaban J connectivity index is 1.74. The minimum absolute atomic E-state index is 0.00790. The molecule has 0 atom stereocenters. The van der Waals surface area contributed by atoms with Gasteiger partial charge < -0.3 is 25.2 Å². The number of carbonyl (C=O) groups excluding carboxylic acids is 2. The van der Waals surface area contributed by atoms with E-state index in [9.17, 15) is 14.0 Å². The van der Waals surface area contributed by atoms with Crippen molar-refractivity contribution in [2.24, 2.45) is 0 Å². The van der Waals surface area contributed by atoms with Gasteiger partial charge in [-0.2, -0.15) is 0 Å². The van der Waals surface area contributed by atoms with Gasteiger partial charge in [0.05, 0.1) is 12.3 Å². The number of piperidine rings is 1. The van der Waals surface area contributed by atoms with Gasteiger partial charge in [-0.3, -0.25) is 0 Å². The number of anilines is 1. The van der Waals surface area contributed by atoms with Crippen LogP contribution in [-0.4, -0.2) is 56.9 Å². The fraction of sp³-hybridized carbons (Fsp3) is 0.556. The summed E-state index contributed by atoms with van der Waals surface area (Å²) < 4.78 is 18.9. The third-order valence-corrected chi connectivity index (χ3v) is 4.30. The highest BCUT2D eigenvalue weighted by Crippen LogP contribution is 2.18. The zero-order chi connectivity index (χ0) is 19.1. The predicted molar refractivity (Wildman–Crippen MR) is 97.7 cm³/mol. The summed E-state index contributed by atoms with van der Waals surface area (Å²) in [5.74, 6) is -0.318. The Morgan fingerprint density at radius 1 is 1.31 bits per heavy atom. The molecule has 0 unspecified atom stereocenters. The highest BCUT2D eigenvalue weighted by molar-refractivity contribution is 5.74. The van der Waals surface area contributed by atoms with E-state index in [2.05, 4.69) is 10.6 Å². The summed E-state index contributed by atoms with van der Waals surface area (Å²) in [6, 6.07) is 4.62. The molecule has 1 aliphatic rings. The van der Waals surface area contributed by atoms with Crippen LogP contribution in [0.2, 0.25) is 0 Å². The van der Waals surface area contributed by atoms with Crippen LogP contribution in [0.25, 0.3) is 0 Å². The maximum absolute atomic E-state index is 13.9. The van der Waals surface area contributed by atoms with Crippen molar-refractivity contribution in [2.75, 3.05) is 38.7 Å². The van der Waals surface area contributed by atoms with E-state index in [-0.39, 0.29) is 30.5 Å². The lowest BCUT2D eigenvalue weighted by Crippen LogP contribution is -2.49. The molecule has 0 spiro atoms. The summed E-state index contributed by atoms with van der Waals surface area (Å²) in [4.78, 5) is 27.0. The number of nitrogens with zero attached hydrogens (tertiary/aromatic N) is 2. The highest BCUT2D eigenvalue weighted by Gasteiger charge is 2.24. The zero-order valence-electron chi connectivity index (χ0n) is 15.5. The first kappa shape index (κ1) is 19.8. The van der Waals surface area contributed by atoms with Crippen LogP contribution in [0.4, 0.5) is 19.7 Å². The van der Waals surface area contributed by atoms with E-state index in [4.69, 9.17) is 4.74 Å². The lowest BCUT2D eigenvalue weighted by molar-refractivity contribution is 0.0957. The Morgan fingerprint density at radius 2 is 2.00 bits per heavy atom.